The maximum absolute atomic E-state index is 12.7. The van der Waals surface area contributed by atoms with Crippen molar-refractivity contribution in [1.82, 2.24) is 20.3 Å². The second-order valence-corrected chi connectivity index (χ2v) is 5.64. The molecule has 148 valence electrons. The van der Waals surface area contributed by atoms with E-state index in [0.29, 0.717) is 11.3 Å². The Morgan fingerprint density at radius 2 is 1.86 bits per heavy atom. The van der Waals surface area contributed by atoms with Gasteiger partial charge in [-0.1, -0.05) is 5.92 Å². The Morgan fingerprint density at radius 1 is 1.21 bits per heavy atom. The molecule has 0 fully saturated rings. The number of hydroxylamine groups is 1. The van der Waals surface area contributed by atoms with Crippen LogP contribution < -0.4 is 10.8 Å². The monoisotopic (exact) mass is 399 g/mol. The van der Waals surface area contributed by atoms with Gasteiger partial charge in [-0.15, -0.1) is 0 Å². The van der Waals surface area contributed by atoms with E-state index in [1.54, 1.807) is 17.1 Å². The number of halogens is 2. The van der Waals surface area contributed by atoms with Crippen LogP contribution in [0.5, 0.6) is 0 Å². The summed E-state index contributed by atoms with van der Waals surface area (Å²) in [6.45, 7) is 0. The summed E-state index contributed by atoms with van der Waals surface area (Å²) in [4.78, 5) is 27.6. The largest absolute Gasteiger partial charge is 0.339 e. The van der Waals surface area contributed by atoms with Crippen molar-refractivity contribution in [2.24, 2.45) is 7.05 Å². The Balaban J connectivity index is 2.06. The molecule has 1 atom stereocenters. The lowest BCUT2D eigenvalue weighted by Crippen LogP contribution is -2.52. The molecule has 1 aromatic carbocycles. The molecule has 1 aromatic heterocycles. The number of aromatic nitrogens is 2. The second-order valence-electron chi connectivity index (χ2n) is 5.64. The van der Waals surface area contributed by atoms with Crippen LogP contribution in [0.3, 0.4) is 0 Å². The Bertz CT molecular complexity index is 1040. The van der Waals surface area contributed by atoms with Crippen LogP contribution in [0.2, 0.25) is 0 Å². The normalized spacial score (nSPS) is 10.8. The number of carbonyl (C=O) groups is 2. The average molecular weight is 399 g/mol. The summed E-state index contributed by atoms with van der Waals surface area (Å²) in [6.07, 6.45) is 0.0706. The first-order valence-corrected chi connectivity index (χ1v) is 8.03. The molecule has 0 saturated carbocycles. The highest BCUT2D eigenvalue weighted by atomic mass is 19.3. The van der Waals surface area contributed by atoms with Gasteiger partial charge in [0.1, 0.15) is 11.4 Å². The van der Waals surface area contributed by atoms with Crippen molar-refractivity contribution in [3.05, 3.63) is 53.6 Å². The molecule has 2 amide bonds. The van der Waals surface area contributed by atoms with Crippen molar-refractivity contribution in [3.63, 3.8) is 0 Å². The standard InChI is InChI=1S/C19H15F2N5O3/c1-26-10-14(23-11-26)5-3-2-4-12-6-8-13(9-7-12)18(27)24-16(19(28)25-29)15(22)17(20)21/h6-11,16-17,22,29H,1H3,(H,24,27)(H,25,28)/t16-/m0/s1. The zero-order valence-corrected chi connectivity index (χ0v) is 15.0. The van der Waals surface area contributed by atoms with Crippen LogP contribution in [0.15, 0.2) is 36.8 Å². The smallest absolute Gasteiger partial charge is 0.278 e. The molecule has 0 spiro atoms. The quantitative estimate of drug-likeness (QED) is 0.256. The van der Waals surface area contributed by atoms with Crippen molar-refractivity contribution < 1.29 is 23.6 Å². The highest BCUT2D eigenvalue weighted by Crippen LogP contribution is 2.06. The summed E-state index contributed by atoms with van der Waals surface area (Å²) >= 11 is 0. The molecule has 0 aliphatic rings. The Morgan fingerprint density at radius 3 is 2.41 bits per heavy atom. The number of nitrogens with zero attached hydrogens (tertiary/aromatic N) is 2. The zero-order valence-electron chi connectivity index (χ0n) is 15.0. The molecule has 4 N–H and O–H groups in total. The van der Waals surface area contributed by atoms with Crippen LogP contribution in [0.1, 0.15) is 21.6 Å². The third-order valence-corrected chi connectivity index (χ3v) is 3.51. The van der Waals surface area contributed by atoms with Gasteiger partial charge in [0.05, 0.1) is 6.33 Å². The molecular weight excluding hydrogens is 384 g/mol. The predicted molar refractivity (Wildman–Crippen MR) is 98.3 cm³/mol. The lowest BCUT2D eigenvalue weighted by atomic mass is 10.1. The molecule has 2 aromatic rings. The van der Waals surface area contributed by atoms with Crippen molar-refractivity contribution >= 4 is 17.5 Å². The number of hydrogen-bond donors (Lipinski definition) is 4. The summed E-state index contributed by atoms with van der Waals surface area (Å²) in [5.41, 5.74) is 0.962. The van der Waals surface area contributed by atoms with E-state index < -0.39 is 30.0 Å². The van der Waals surface area contributed by atoms with Crippen molar-refractivity contribution in [2.45, 2.75) is 12.5 Å². The Kier molecular flexibility index (Phi) is 7.18. The fourth-order valence-electron chi connectivity index (χ4n) is 2.07. The van der Waals surface area contributed by atoms with Gasteiger partial charge in [0.25, 0.3) is 18.2 Å². The summed E-state index contributed by atoms with van der Waals surface area (Å²) in [5, 5.41) is 17.8. The molecular formula is C19H15F2N5O3. The van der Waals surface area contributed by atoms with Gasteiger partial charge in [0, 0.05) is 24.4 Å². The van der Waals surface area contributed by atoms with E-state index in [-0.39, 0.29) is 5.56 Å². The number of alkyl halides is 2. The Labute approximate surface area is 164 Å². The van der Waals surface area contributed by atoms with Crippen LogP contribution >= 0.6 is 0 Å². The summed E-state index contributed by atoms with van der Waals surface area (Å²) in [5.74, 6) is 8.58. The topological polar surface area (TPSA) is 120 Å². The second kappa shape index (κ2) is 9.78. The molecule has 0 aliphatic carbocycles. The highest BCUT2D eigenvalue weighted by molar-refractivity contribution is 6.11. The number of benzene rings is 1. The average Bonchev–Trinajstić information content (AvgIpc) is 3.13. The number of hydrogen-bond acceptors (Lipinski definition) is 5. The SMILES string of the molecule is Cn1cnc(C#CC#Cc2ccc(C(=O)N[C@@H](C(=N)C(F)F)C(=O)NO)cc2)c1. The minimum absolute atomic E-state index is 0.0490. The van der Waals surface area contributed by atoms with Gasteiger partial charge < -0.3 is 15.3 Å². The van der Waals surface area contributed by atoms with E-state index >= 15 is 0 Å². The summed E-state index contributed by atoms with van der Waals surface area (Å²) in [7, 11) is 1.82. The molecule has 0 radical (unpaired) electrons. The van der Waals surface area contributed by atoms with Gasteiger partial charge in [0.15, 0.2) is 6.04 Å². The van der Waals surface area contributed by atoms with Crippen LogP contribution in [0, 0.1) is 29.1 Å². The van der Waals surface area contributed by atoms with Gasteiger partial charge >= 0.3 is 0 Å². The summed E-state index contributed by atoms with van der Waals surface area (Å²) < 4.78 is 27.1. The first-order valence-electron chi connectivity index (χ1n) is 8.03. The minimum Gasteiger partial charge on any atom is -0.339 e. The predicted octanol–water partition coefficient (Wildman–Crippen LogP) is 0.712. The zero-order chi connectivity index (χ0) is 21.4. The highest BCUT2D eigenvalue weighted by Gasteiger charge is 2.30. The number of carbonyl (C=O) groups excluding carboxylic acids is 2. The van der Waals surface area contributed by atoms with Crippen LogP contribution in [-0.2, 0) is 11.8 Å². The fraction of sp³-hybridized carbons (Fsp3) is 0.158. The van der Waals surface area contributed by atoms with Crippen LogP contribution in [0.4, 0.5) is 8.78 Å². The number of imidazole rings is 1. The van der Waals surface area contributed by atoms with Gasteiger partial charge in [-0.3, -0.25) is 14.8 Å². The number of nitrogens with one attached hydrogen (secondary N) is 3. The van der Waals surface area contributed by atoms with E-state index in [1.807, 2.05) is 12.4 Å². The Hall–Kier alpha value is -4.02. The molecule has 0 bridgehead atoms. The number of amides is 2. The fourth-order valence-corrected chi connectivity index (χ4v) is 2.07. The van der Waals surface area contributed by atoms with Crippen molar-refractivity contribution in [1.29, 1.82) is 5.41 Å². The lowest BCUT2D eigenvalue weighted by molar-refractivity contribution is -0.129. The van der Waals surface area contributed by atoms with E-state index in [0.717, 1.165) is 5.48 Å². The van der Waals surface area contributed by atoms with Gasteiger partial charge in [0.2, 0.25) is 0 Å². The van der Waals surface area contributed by atoms with Crippen molar-refractivity contribution in [3.8, 4) is 23.7 Å². The maximum Gasteiger partial charge on any atom is 0.278 e. The first kappa shape index (κ1) is 21.3. The molecule has 0 unspecified atom stereocenters. The van der Waals surface area contributed by atoms with Crippen molar-refractivity contribution in [2.75, 3.05) is 0 Å². The molecule has 1 heterocycles. The van der Waals surface area contributed by atoms with Crippen LogP contribution in [-0.4, -0.2) is 44.8 Å². The molecule has 2 rings (SSSR count). The molecule has 8 nitrogen and oxygen atoms in total. The summed E-state index contributed by atoms with van der Waals surface area (Å²) in [6, 6.07) is 3.74. The third-order valence-electron chi connectivity index (χ3n) is 3.51. The molecule has 29 heavy (non-hydrogen) atoms. The van der Waals surface area contributed by atoms with Crippen LogP contribution in [0.25, 0.3) is 0 Å². The third kappa shape index (κ3) is 5.99. The first-order chi connectivity index (χ1) is 13.8. The lowest BCUT2D eigenvalue weighted by Gasteiger charge is -2.17. The van der Waals surface area contributed by atoms with E-state index in [4.69, 9.17) is 10.6 Å². The molecule has 0 aliphatic heterocycles. The van der Waals surface area contributed by atoms with Gasteiger partial charge in [-0.05, 0) is 42.0 Å². The van der Waals surface area contributed by atoms with E-state index in [2.05, 4.69) is 28.7 Å². The number of rotatable bonds is 5. The minimum atomic E-state index is -3.28. The van der Waals surface area contributed by atoms with Gasteiger partial charge in [-0.2, -0.15) is 0 Å². The van der Waals surface area contributed by atoms with E-state index in [9.17, 15) is 18.4 Å². The number of aryl methyl sites for hydroxylation is 1. The molecule has 10 heteroatoms. The van der Waals surface area contributed by atoms with E-state index in [1.165, 1.54) is 24.3 Å². The molecule has 0 saturated heterocycles. The van der Waals surface area contributed by atoms with Gasteiger partial charge in [-0.25, -0.2) is 19.2 Å². The maximum atomic E-state index is 12.7.